The van der Waals surface area contributed by atoms with Gasteiger partial charge < -0.3 is 10.2 Å². The van der Waals surface area contributed by atoms with E-state index in [0.29, 0.717) is 25.3 Å². The zero-order chi connectivity index (χ0) is 20.2. The fraction of sp³-hybridized carbons (Fsp3) is 0.250. The molecule has 148 valence electrons. The van der Waals surface area contributed by atoms with Crippen molar-refractivity contribution >= 4 is 41.0 Å². The predicted molar refractivity (Wildman–Crippen MR) is 113 cm³/mol. The summed E-state index contributed by atoms with van der Waals surface area (Å²) >= 11 is 2.61. The van der Waals surface area contributed by atoms with Crippen LogP contribution in [0.1, 0.15) is 37.7 Å². The van der Waals surface area contributed by atoms with Crippen LogP contribution in [-0.2, 0) is 24.3 Å². The molecule has 0 unspecified atom stereocenters. The molecule has 9 heteroatoms. The van der Waals surface area contributed by atoms with Gasteiger partial charge in [-0.2, -0.15) is 8.75 Å². The number of rotatable bonds is 5. The smallest absolute Gasteiger partial charge is 0.275 e. The third-order valence-corrected chi connectivity index (χ3v) is 6.16. The van der Waals surface area contributed by atoms with Crippen molar-refractivity contribution in [1.82, 2.24) is 23.9 Å². The molecule has 0 radical (unpaired) electrons. The Morgan fingerprint density at radius 1 is 1.34 bits per heavy atom. The van der Waals surface area contributed by atoms with Crippen LogP contribution in [0, 0.1) is 6.92 Å². The number of nitrogens with one attached hydrogen (secondary N) is 1. The third kappa shape index (κ3) is 4.41. The van der Waals surface area contributed by atoms with Crippen LogP contribution >= 0.6 is 23.1 Å². The predicted octanol–water partition coefficient (Wildman–Crippen LogP) is 2.83. The van der Waals surface area contributed by atoms with Gasteiger partial charge in [-0.15, -0.1) is 11.3 Å². The number of aryl methyl sites for hydroxylation is 1. The average molecular weight is 426 g/mol. The second kappa shape index (κ2) is 8.62. The van der Waals surface area contributed by atoms with Crippen LogP contribution < -0.4 is 5.32 Å². The van der Waals surface area contributed by atoms with Crippen molar-refractivity contribution in [3.8, 4) is 0 Å². The van der Waals surface area contributed by atoms with Gasteiger partial charge in [-0.25, -0.2) is 0 Å². The number of thiophene rings is 1. The summed E-state index contributed by atoms with van der Waals surface area (Å²) in [6.45, 7) is 3.45. The summed E-state index contributed by atoms with van der Waals surface area (Å²) < 4.78 is 7.94. The number of pyridine rings is 1. The van der Waals surface area contributed by atoms with Crippen molar-refractivity contribution < 1.29 is 9.59 Å². The first kappa shape index (κ1) is 19.4. The third-order valence-electron chi connectivity index (χ3n) is 4.84. The molecule has 0 saturated carbocycles. The van der Waals surface area contributed by atoms with Crippen LogP contribution in [0.3, 0.4) is 0 Å². The zero-order valence-corrected chi connectivity index (χ0v) is 17.4. The lowest BCUT2D eigenvalue weighted by Gasteiger charge is -2.30. The van der Waals surface area contributed by atoms with Crippen LogP contribution in [0.4, 0.5) is 0 Å². The standard InChI is InChI=1S/C20H19N5O2S2/c1-13-17(10-22-19(26)5-4-15-3-2-8-28-15)16-6-7-25(12-14(16)9-21-13)20(27)18-11-23-29-24-18/h2-5,8-9,11H,6-7,10,12H2,1H3,(H,22,26). The Labute approximate surface area is 176 Å². The Balaban J connectivity index is 1.45. The summed E-state index contributed by atoms with van der Waals surface area (Å²) in [5.41, 5.74) is 4.48. The molecule has 2 amide bonds. The molecular formula is C20H19N5O2S2. The molecule has 0 spiro atoms. The fourth-order valence-electron chi connectivity index (χ4n) is 3.33. The first-order valence-corrected chi connectivity index (χ1v) is 10.8. The quantitative estimate of drug-likeness (QED) is 0.635. The van der Waals surface area contributed by atoms with Crippen LogP contribution in [0.2, 0.25) is 0 Å². The van der Waals surface area contributed by atoms with Crippen molar-refractivity contribution in [2.45, 2.75) is 26.4 Å². The minimum Gasteiger partial charge on any atom is -0.348 e. The van der Waals surface area contributed by atoms with Crippen molar-refractivity contribution in [2.24, 2.45) is 0 Å². The second-order valence-corrected chi connectivity index (χ2v) is 8.20. The Bertz CT molecular complexity index is 1050. The van der Waals surface area contributed by atoms with Gasteiger partial charge in [-0.3, -0.25) is 14.6 Å². The van der Waals surface area contributed by atoms with Gasteiger partial charge in [0.05, 0.1) is 17.9 Å². The molecule has 4 heterocycles. The molecule has 1 aliphatic heterocycles. The first-order valence-electron chi connectivity index (χ1n) is 9.14. The number of nitrogens with zero attached hydrogens (tertiary/aromatic N) is 4. The maximum atomic E-state index is 12.6. The van der Waals surface area contributed by atoms with Gasteiger partial charge in [0, 0.05) is 42.5 Å². The number of carbonyl (C=O) groups is 2. The maximum absolute atomic E-state index is 12.6. The molecule has 3 aromatic heterocycles. The molecule has 3 aromatic rings. The summed E-state index contributed by atoms with van der Waals surface area (Å²) in [6.07, 6.45) is 7.40. The minimum atomic E-state index is -0.140. The van der Waals surface area contributed by atoms with Crippen LogP contribution in [0.15, 0.2) is 36.0 Å². The molecule has 0 aliphatic carbocycles. The molecule has 1 aliphatic rings. The summed E-state index contributed by atoms with van der Waals surface area (Å²) in [6, 6.07) is 3.91. The van der Waals surface area contributed by atoms with E-state index in [9.17, 15) is 9.59 Å². The van der Waals surface area contributed by atoms with Gasteiger partial charge >= 0.3 is 0 Å². The van der Waals surface area contributed by atoms with Crippen molar-refractivity contribution in [3.63, 3.8) is 0 Å². The lowest BCUT2D eigenvalue weighted by Crippen LogP contribution is -2.37. The zero-order valence-electron chi connectivity index (χ0n) is 15.8. The van der Waals surface area contributed by atoms with Gasteiger partial charge in [-0.05, 0) is 47.6 Å². The Kier molecular flexibility index (Phi) is 5.77. The topological polar surface area (TPSA) is 88.1 Å². The highest BCUT2D eigenvalue weighted by Crippen LogP contribution is 2.25. The van der Waals surface area contributed by atoms with Crippen LogP contribution in [0.5, 0.6) is 0 Å². The number of amides is 2. The van der Waals surface area contributed by atoms with E-state index < -0.39 is 0 Å². The van der Waals surface area contributed by atoms with Gasteiger partial charge in [0.25, 0.3) is 5.91 Å². The Hall–Kier alpha value is -2.91. The summed E-state index contributed by atoms with van der Waals surface area (Å²) in [5.74, 6) is -0.252. The summed E-state index contributed by atoms with van der Waals surface area (Å²) in [5, 5.41) is 4.92. The highest BCUT2D eigenvalue weighted by molar-refractivity contribution is 7.10. The van der Waals surface area contributed by atoms with Crippen molar-refractivity contribution in [3.05, 3.63) is 68.9 Å². The van der Waals surface area contributed by atoms with Gasteiger partial charge in [0.15, 0.2) is 5.69 Å². The van der Waals surface area contributed by atoms with Crippen LogP contribution in [-0.4, -0.2) is 37.0 Å². The molecule has 7 nitrogen and oxygen atoms in total. The first-order chi connectivity index (χ1) is 14.1. The number of aromatic nitrogens is 3. The van der Waals surface area contributed by atoms with Crippen molar-refractivity contribution in [2.75, 3.05) is 6.54 Å². The van der Waals surface area contributed by atoms with E-state index in [-0.39, 0.29) is 11.8 Å². The molecule has 4 rings (SSSR count). The monoisotopic (exact) mass is 425 g/mol. The second-order valence-electron chi connectivity index (χ2n) is 6.66. The van der Waals surface area contributed by atoms with E-state index >= 15 is 0 Å². The molecular weight excluding hydrogens is 406 g/mol. The SMILES string of the molecule is Cc1ncc2c(c1CNC(=O)C=Cc1cccs1)CCN(C(=O)c1cnsn1)C2. The van der Waals surface area contributed by atoms with Gasteiger partial charge in [0.2, 0.25) is 5.91 Å². The van der Waals surface area contributed by atoms with E-state index in [2.05, 4.69) is 19.0 Å². The maximum Gasteiger partial charge on any atom is 0.275 e. The van der Waals surface area contributed by atoms with E-state index in [1.165, 1.54) is 11.8 Å². The van der Waals surface area contributed by atoms with Crippen molar-refractivity contribution in [1.29, 1.82) is 0 Å². The molecule has 1 N–H and O–H groups in total. The number of carbonyl (C=O) groups excluding carboxylic acids is 2. The summed E-state index contributed by atoms with van der Waals surface area (Å²) in [7, 11) is 0. The van der Waals surface area contributed by atoms with E-state index in [1.807, 2.05) is 36.7 Å². The molecule has 0 bridgehead atoms. The number of fused-ring (bicyclic) bond motifs is 1. The normalized spacial score (nSPS) is 13.5. The number of hydrogen-bond acceptors (Lipinski definition) is 7. The van der Waals surface area contributed by atoms with E-state index in [4.69, 9.17) is 0 Å². The molecule has 29 heavy (non-hydrogen) atoms. The number of hydrogen-bond donors (Lipinski definition) is 1. The lowest BCUT2D eigenvalue weighted by atomic mass is 9.94. The average Bonchev–Trinajstić information content (AvgIpc) is 3.44. The Morgan fingerprint density at radius 3 is 3.00 bits per heavy atom. The molecule has 0 fully saturated rings. The highest BCUT2D eigenvalue weighted by atomic mass is 32.1. The van der Waals surface area contributed by atoms with E-state index in [0.717, 1.165) is 39.8 Å². The van der Waals surface area contributed by atoms with Gasteiger partial charge in [-0.1, -0.05) is 6.07 Å². The Morgan fingerprint density at radius 2 is 2.24 bits per heavy atom. The molecule has 0 aromatic carbocycles. The lowest BCUT2D eigenvalue weighted by molar-refractivity contribution is -0.116. The van der Waals surface area contributed by atoms with E-state index in [1.54, 1.807) is 22.3 Å². The van der Waals surface area contributed by atoms with Gasteiger partial charge in [0.1, 0.15) is 0 Å². The molecule has 0 atom stereocenters. The van der Waals surface area contributed by atoms with Crippen LogP contribution in [0.25, 0.3) is 6.08 Å². The summed E-state index contributed by atoms with van der Waals surface area (Å²) in [4.78, 5) is 32.0. The fourth-order valence-corrected chi connectivity index (χ4v) is 4.35. The highest BCUT2D eigenvalue weighted by Gasteiger charge is 2.25. The largest absolute Gasteiger partial charge is 0.348 e. The molecule has 0 saturated heterocycles. The minimum absolute atomic E-state index is 0.112.